The van der Waals surface area contributed by atoms with Gasteiger partial charge in [-0.3, -0.25) is 4.72 Å². The van der Waals surface area contributed by atoms with Gasteiger partial charge in [0.15, 0.2) is 0 Å². The van der Waals surface area contributed by atoms with Crippen LogP contribution in [0.25, 0.3) is 0 Å². The monoisotopic (exact) mass is 182 g/mol. The van der Waals surface area contributed by atoms with E-state index in [1.165, 1.54) is 0 Å². The van der Waals surface area contributed by atoms with Crippen molar-refractivity contribution < 1.29 is 8.42 Å². The molecule has 5 heteroatoms. The van der Waals surface area contributed by atoms with E-state index < -0.39 is 10.0 Å². The predicted octanol–water partition coefficient (Wildman–Crippen LogP) is 1.10. The number of rotatable bonds is 0. The molecule has 0 unspecified atom stereocenters. The molecule has 0 spiro atoms. The molecule has 1 aliphatic heterocycles. The van der Waals surface area contributed by atoms with E-state index in [-0.39, 0.29) is 0 Å². The number of nitrogens with zero attached hydrogens (tertiary/aromatic N) is 1. The standard InChI is InChI=1S/C7H6N2O2S/c10-12(11)5-8-6-3-1-2-4-7(6)9-12/h1-5,9H. The molecule has 4 nitrogen and oxygen atoms in total. The van der Waals surface area contributed by atoms with Crippen LogP contribution in [0, 0.1) is 0 Å². The summed E-state index contributed by atoms with van der Waals surface area (Å²) in [7, 11) is -3.34. The summed E-state index contributed by atoms with van der Waals surface area (Å²) in [5.74, 6) is 0. The maximum absolute atomic E-state index is 11.0. The van der Waals surface area contributed by atoms with Crippen molar-refractivity contribution in [2.24, 2.45) is 4.99 Å². The van der Waals surface area contributed by atoms with Gasteiger partial charge in [0.2, 0.25) is 0 Å². The summed E-state index contributed by atoms with van der Waals surface area (Å²) in [6.07, 6.45) is 0. The molecule has 1 heterocycles. The first-order chi connectivity index (χ1) is 5.67. The maximum Gasteiger partial charge on any atom is 0.272 e. The maximum atomic E-state index is 11.0. The third-order valence-electron chi connectivity index (χ3n) is 1.49. The van der Waals surface area contributed by atoms with Crippen LogP contribution in [0.2, 0.25) is 0 Å². The van der Waals surface area contributed by atoms with E-state index in [1.807, 2.05) is 0 Å². The summed E-state index contributed by atoms with van der Waals surface area (Å²) in [6.45, 7) is 0. The van der Waals surface area contributed by atoms with Gasteiger partial charge >= 0.3 is 0 Å². The Kier molecular flexibility index (Phi) is 1.41. The number of aliphatic imine (C=N–C) groups is 1. The number of para-hydroxylation sites is 2. The average molecular weight is 182 g/mol. The van der Waals surface area contributed by atoms with Crippen molar-refractivity contribution in [1.29, 1.82) is 0 Å². The molecule has 1 aromatic carbocycles. The van der Waals surface area contributed by atoms with Crippen molar-refractivity contribution >= 4 is 26.9 Å². The molecule has 2 rings (SSSR count). The molecule has 62 valence electrons. The lowest BCUT2D eigenvalue weighted by Crippen LogP contribution is -2.16. The summed E-state index contributed by atoms with van der Waals surface area (Å²) in [5, 5.41) is 0. The minimum Gasteiger partial charge on any atom is -0.277 e. The molecular weight excluding hydrogens is 176 g/mol. The Morgan fingerprint density at radius 3 is 2.83 bits per heavy atom. The first-order valence-electron chi connectivity index (χ1n) is 3.33. The molecule has 0 fully saturated rings. The molecule has 0 saturated heterocycles. The smallest absolute Gasteiger partial charge is 0.272 e. The molecule has 1 aromatic rings. The SMILES string of the molecule is O=S1(=O)C=Nc2ccccc2N1. The second-order valence-corrected chi connectivity index (χ2v) is 3.90. The van der Waals surface area contributed by atoms with Crippen molar-refractivity contribution in [3.63, 3.8) is 0 Å². The number of sulfonamides is 1. The van der Waals surface area contributed by atoms with E-state index in [1.54, 1.807) is 24.3 Å². The van der Waals surface area contributed by atoms with E-state index in [9.17, 15) is 8.42 Å². The highest BCUT2D eigenvalue weighted by Crippen LogP contribution is 2.27. The van der Waals surface area contributed by atoms with Gasteiger partial charge in [-0.05, 0) is 12.1 Å². The van der Waals surface area contributed by atoms with E-state index in [0.717, 1.165) is 5.55 Å². The molecule has 1 aliphatic rings. The number of anilines is 1. The molecule has 0 radical (unpaired) electrons. The van der Waals surface area contributed by atoms with Gasteiger partial charge in [-0.1, -0.05) is 12.1 Å². The van der Waals surface area contributed by atoms with Crippen LogP contribution in [0.1, 0.15) is 0 Å². The fourth-order valence-electron chi connectivity index (χ4n) is 0.978. The lowest BCUT2D eigenvalue weighted by Gasteiger charge is -2.10. The minimum absolute atomic E-state index is 0.528. The number of hydrogen-bond acceptors (Lipinski definition) is 3. The Hall–Kier alpha value is -1.36. The fraction of sp³-hybridized carbons (Fsp3) is 0. The van der Waals surface area contributed by atoms with E-state index in [0.29, 0.717) is 11.4 Å². The zero-order valence-electron chi connectivity index (χ0n) is 6.06. The summed E-state index contributed by atoms with van der Waals surface area (Å²) >= 11 is 0. The van der Waals surface area contributed by atoms with E-state index >= 15 is 0 Å². The van der Waals surface area contributed by atoms with Crippen molar-refractivity contribution in [2.75, 3.05) is 4.72 Å². The van der Waals surface area contributed by atoms with Gasteiger partial charge in [0.1, 0.15) is 5.55 Å². The Bertz CT molecular complexity index is 436. The van der Waals surface area contributed by atoms with Gasteiger partial charge < -0.3 is 0 Å². The first-order valence-corrected chi connectivity index (χ1v) is 4.88. The summed E-state index contributed by atoms with van der Waals surface area (Å²) in [4.78, 5) is 3.77. The molecule has 0 amide bonds. The number of nitrogens with one attached hydrogen (secondary N) is 1. The average Bonchev–Trinajstić information content (AvgIpc) is 2.02. The summed E-state index contributed by atoms with van der Waals surface area (Å²) < 4.78 is 24.3. The summed E-state index contributed by atoms with van der Waals surface area (Å²) in [6, 6.07) is 6.97. The highest BCUT2D eigenvalue weighted by atomic mass is 32.2. The molecule has 0 aliphatic carbocycles. The van der Waals surface area contributed by atoms with Crippen LogP contribution in [0.4, 0.5) is 11.4 Å². The zero-order valence-corrected chi connectivity index (χ0v) is 6.88. The molecule has 12 heavy (non-hydrogen) atoms. The van der Waals surface area contributed by atoms with Crippen LogP contribution in [-0.4, -0.2) is 14.0 Å². The van der Waals surface area contributed by atoms with Crippen molar-refractivity contribution in [3.05, 3.63) is 24.3 Å². The second-order valence-electron chi connectivity index (χ2n) is 2.40. The van der Waals surface area contributed by atoms with Crippen LogP contribution in [0.3, 0.4) is 0 Å². The van der Waals surface area contributed by atoms with Crippen LogP contribution in [0.5, 0.6) is 0 Å². The molecule has 0 bridgehead atoms. The van der Waals surface area contributed by atoms with Crippen LogP contribution in [-0.2, 0) is 10.0 Å². The topological polar surface area (TPSA) is 58.5 Å². The van der Waals surface area contributed by atoms with Crippen LogP contribution in [0.15, 0.2) is 29.3 Å². The summed E-state index contributed by atoms with van der Waals surface area (Å²) in [5.41, 5.74) is 2.09. The van der Waals surface area contributed by atoms with Gasteiger partial charge in [-0.25, -0.2) is 13.4 Å². The molecule has 0 atom stereocenters. The normalized spacial score (nSPS) is 18.0. The van der Waals surface area contributed by atoms with E-state index in [4.69, 9.17) is 0 Å². The van der Waals surface area contributed by atoms with Crippen LogP contribution < -0.4 is 4.72 Å². The molecule has 1 N–H and O–H groups in total. The van der Waals surface area contributed by atoms with Crippen molar-refractivity contribution in [2.45, 2.75) is 0 Å². The minimum atomic E-state index is -3.34. The van der Waals surface area contributed by atoms with Gasteiger partial charge in [0, 0.05) is 0 Å². The lowest BCUT2D eigenvalue weighted by atomic mass is 10.3. The van der Waals surface area contributed by atoms with Gasteiger partial charge in [-0.15, -0.1) is 0 Å². The van der Waals surface area contributed by atoms with Gasteiger partial charge in [-0.2, -0.15) is 0 Å². The van der Waals surface area contributed by atoms with Crippen LogP contribution >= 0.6 is 0 Å². The molecule has 0 aromatic heterocycles. The Labute approximate surface area is 70.0 Å². The van der Waals surface area contributed by atoms with Crippen molar-refractivity contribution in [1.82, 2.24) is 0 Å². The third kappa shape index (κ3) is 1.18. The van der Waals surface area contributed by atoms with Gasteiger partial charge in [0.25, 0.3) is 10.0 Å². The Morgan fingerprint density at radius 2 is 2.00 bits per heavy atom. The number of fused-ring (bicyclic) bond motifs is 1. The van der Waals surface area contributed by atoms with E-state index in [2.05, 4.69) is 9.71 Å². The predicted molar refractivity (Wildman–Crippen MR) is 47.1 cm³/mol. The quantitative estimate of drug-likeness (QED) is 0.653. The Balaban J connectivity index is 2.61. The highest BCUT2D eigenvalue weighted by Gasteiger charge is 2.13. The molecular formula is C7H6N2O2S. The fourth-order valence-corrected chi connectivity index (χ4v) is 1.76. The van der Waals surface area contributed by atoms with Gasteiger partial charge in [0.05, 0.1) is 11.4 Å². The number of benzene rings is 1. The number of hydrogen-bond donors (Lipinski definition) is 1. The Morgan fingerprint density at radius 1 is 1.25 bits per heavy atom. The third-order valence-corrected chi connectivity index (χ3v) is 2.37. The van der Waals surface area contributed by atoms with Crippen molar-refractivity contribution in [3.8, 4) is 0 Å². The molecule has 0 saturated carbocycles. The largest absolute Gasteiger partial charge is 0.277 e. The first kappa shape index (κ1) is 7.30. The lowest BCUT2D eigenvalue weighted by molar-refractivity contribution is 0.612. The highest BCUT2D eigenvalue weighted by molar-refractivity contribution is 8.05. The zero-order chi connectivity index (χ0) is 8.60. The second kappa shape index (κ2) is 2.31.